The maximum Gasteiger partial charge on any atom is 0.269 e. The zero-order chi connectivity index (χ0) is 23.1. The van der Waals surface area contributed by atoms with Gasteiger partial charge >= 0.3 is 0 Å². The zero-order valence-corrected chi connectivity index (χ0v) is 20.2. The summed E-state index contributed by atoms with van der Waals surface area (Å²) in [5, 5.41) is 13.0. The molecular weight excluding hydrogens is 478 g/mol. The van der Waals surface area contributed by atoms with Crippen molar-refractivity contribution in [3.63, 3.8) is 0 Å². The fourth-order valence-electron chi connectivity index (χ4n) is 4.19. The van der Waals surface area contributed by atoms with Crippen LogP contribution in [0.2, 0.25) is 5.02 Å². The van der Waals surface area contributed by atoms with Crippen molar-refractivity contribution < 1.29 is 4.92 Å². The second-order valence-corrected chi connectivity index (χ2v) is 10.7. The van der Waals surface area contributed by atoms with Crippen LogP contribution in [0.4, 0.5) is 5.69 Å². The third-order valence-electron chi connectivity index (χ3n) is 5.87. The molecule has 2 aromatic carbocycles. The molecule has 1 aliphatic rings. The molecule has 2 aromatic heterocycles. The summed E-state index contributed by atoms with van der Waals surface area (Å²) in [5.74, 6) is 1.06. The summed E-state index contributed by atoms with van der Waals surface area (Å²) in [6.45, 7) is 2.24. The van der Waals surface area contributed by atoms with E-state index in [4.69, 9.17) is 16.6 Å². The average molecular weight is 498 g/mol. The standard InChI is InChI=1S/C24H20ClN3O3S2/c1-14-5-10-19-20(11-14)33-22-21(19)23(29)27(17-8-6-16(25)7-9-17)24(26-22)32-13-15-3-2-4-18(12-15)28(30)31/h2-4,6-9,12,14H,5,10-11,13H2,1H3. The normalized spacial score (nSPS) is 15.5. The fraction of sp³-hybridized carbons (Fsp3) is 0.250. The Balaban J connectivity index is 1.62. The van der Waals surface area contributed by atoms with Gasteiger partial charge in [-0.3, -0.25) is 19.5 Å². The summed E-state index contributed by atoms with van der Waals surface area (Å²) in [4.78, 5) is 31.5. The number of non-ortho nitro benzene ring substituents is 1. The van der Waals surface area contributed by atoms with Crippen LogP contribution >= 0.6 is 34.7 Å². The van der Waals surface area contributed by atoms with Gasteiger partial charge in [0, 0.05) is 27.8 Å². The lowest BCUT2D eigenvalue weighted by Crippen LogP contribution is -2.22. The number of nitro benzene ring substituents is 1. The predicted molar refractivity (Wildman–Crippen MR) is 134 cm³/mol. The number of nitro groups is 1. The Kier molecular flexibility index (Phi) is 5.99. The van der Waals surface area contributed by atoms with Crippen LogP contribution in [-0.2, 0) is 18.6 Å². The number of hydrogen-bond donors (Lipinski definition) is 0. The second kappa shape index (κ2) is 8.93. The summed E-state index contributed by atoms with van der Waals surface area (Å²) >= 11 is 9.10. The van der Waals surface area contributed by atoms with Crippen molar-refractivity contribution in [2.45, 2.75) is 37.1 Å². The first-order valence-corrected chi connectivity index (χ1v) is 12.8. The van der Waals surface area contributed by atoms with Gasteiger partial charge in [-0.15, -0.1) is 11.3 Å². The molecule has 0 N–H and O–H groups in total. The highest BCUT2D eigenvalue weighted by Gasteiger charge is 2.25. The maximum atomic E-state index is 13.8. The van der Waals surface area contributed by atoms with Crippen molar-refractivity contribution in [3.8, 4) is 5.69 Å². The molecule has 2 heterocycles. The number of benzene rings is 2. The second-order valence-electron chi connectivity index (χ2n) is 8.26. The number of nitrogens with zero attached hydrogens (tertiary/aromatic N) is 3. The molecule has 6 nitrogen and oxygen atoms in total. The number of thiophene rings is 1. The molecule has 1 unspecified atom stereocenters. The van der Waals surface area contributed by atoms with Gasteiger partial charge in [-0.25, -0.2) is 4.98 Å². The van der Waals surface area contributed by atoms with Gasteiger partial charge in [0.15, 0.2) is 5.16 Å². The third-order valence-corrected chi connectivity index (χ3v) is 8.28. The summed E-state index contributed by atoms with van der Waals surface area (Å²) in [6, 6.07) is 13.7. The molecule has 0 bridgehead atoms. The Labute approximate surface area is 203 Å². The quantitative estimate of drug-likeness (QED) is 0.137. The van der Waals surface area contributed by atoms with E-state index in [9.17, 15) is 14.9 Å². The Morgan fingerprint density at radius 3 is 2.82 bits per heavy atom. The van der Waals surface area contributed by atoms with Crippen LogP contribution in [0.3, 0.4) is 0 Å². The molecule has 4 aromatic rings. The Hall–Kier alpha value is -2.68. The number of halogens is 1. The minimum Gasteiger partial charge on any atom is -0.268 e. The first-order chi connectivity index (χ1) is 15.9. The highest BCUT2D eigenvalue weighted by molar-refractivity contribution is 7.98. The number of rotatable bonds is 5. The van der Waals surface area contributed by atoms with Gasteiger partial charge in [0.1, 0.15) is 4.83 Å². The van der Waals surface area contributed by atoms with Crippen LogP contribution in [0.25, 0.3) is 15.9 Å². The van der Waals surface area contributed by atoms with Gasteiger partial charge in [-0.05, 0) is 60.6 Å². The molecule has 1 aliphatic carbocycles. The monoisotopic (exact) mass is 497 g/mol. The van der Waals surface area contributed by atoms with Gasteiger partial charge in [0.05, 0.1) is 16.0 Å². The molecule has 0 aliphatic heterocycles. The van der Waals surface area contributed by atoms with E-state index in [2.05, 4.69) is 6.92 Å². The Bertz CT molecular complexity index is 1430. The first kappa shape index (κ1) is 22.1. The van der Waals surface area contributed by atoms with E-state index in [1.807, 2.05) is 18.2 Å². The largest absolute Gasteiger partial charge is 0.269 e. The van der Waals surface area contributed by atoms with Crippen molar-refractivity contribution in [3.05, 3.63) is 90.0 Å². The lowest BCUT2D eigenvalue weighted by Gasteiger charge is -2.18. The predicted octanol–water partition coefficient (Wildman–Crippen LogP) is 6.43. The molecule has 5 rings (SSSR count). The molecule has 0 radical (unpaired) electrons. The summed E-state index contributed by atoms with van der Waals surface area (Å²) in [6.07, 6.45) is 2.95. The molecule has 0 spiro atoms. The average Bonchev–Trinajstić information content (AvgIpc) is 3.16. The van der Waals surface area contributed by atoms with Gasteiger partial charge in [0.2, 0.25) is 0 Å². The van der Waals surface area contributed by atoms with E-state index in [0.717, 1.165) is 40.6 Å². The number of aryl methyl sites for hydroxylation is 1. The van der Waals surface area contributed by atoms with Gasteiger partial charge in [0.25, 0.3) is 11.2 Å². The van der Waals surface area contributed by atoms with Crippen LogP contribution in [0.5, 0.6) is 0 Å². The third kappa shape index (κ3) is 4.30. The summed E-state index contributed by atoms with van der Waals surface area (Å²) in [7, 11) is 0. The first-order valence-electron chi connectivity index (χ1n) is 10.6. The number of aromatic nitrogens is 2. The smallest absolute Gasteiger partial charge is 0.268 e. The van der Waals surface area contributed by atoms with Gasteiger partial charge in [-0.1, -0.05) is 42.4 Å². The maximum absolute atomic E-state index is 13.8. The van der Waals surface area contributed by atoms with Crippen LogP contribution in [0.15, 0.2) is 58.5 Å². The van der Waals surface area contributed by atoms with Crippen LogP contribution in [0, 0.1) is 16.0 Å². The van der Waals surface area contributed by atoms with E-state index in [1.54, 1.807) is 40.2 Å². The summed E-state index contributed by atoms with van der Waals surface area (Å²) in [5.41, 5.74) is 2.61. The molecule has 33 heavy (non-hydrogen) atoms. The zero-order valence-electron chi connectivity index (χ0n) is 17.8. The molecule has 0 saturated heterocycles. The number of fused-ring (bicyclic) bond motifs is 3. The van der Waals surface area contributed by atoms with Crippen LogP contribution in [-0.4, -0.2) is 14.5 Å². The van der Waals surface area contributed by atoms with Crippen LogP contribution in [0.1, 0.15) is 29.3 Å². The van der Waals surface area contributed by atoms with Gasteiger partial charge in [-0.2, -0.15) is 0 Å². The SMILES string of the molecule is CC1CCc2c(sc3nc(SCc4cccc([N+](=O)[O-])c4)n(-c4ccc(Cl)cc4)c(=O)c23)C1. The molecule has 1 atom stereocenters. The number of hydrogen-bond acceptors (Lipinski definition) is 6. The lowest BCUT2D eigenvalue weighted by atomic mass is 9.89. The van der Waals surface area contributed by atoms with E-state index in [1.165, 1.54) is 22.7 Å². The molecular formula is C24H20ClN3O3S2. The van der Waals surface area contributed by atoms with E-state index in [0.29, 0.717) is 27.5 Å². The fourth-order valence-corrected chi connectivity index (χ4v) is 6.70. The molecule has 168 valence electrons. The Morgan fingerprint density at radius 2 is 2.06 bits per heavy atom. The Morgan fingerprint density at radius 1 is 1.27 bits per heavy atom. The van der Waals surface area contributed by atoms with E-state index >= 15 is 0 Å². The van der Waals surface area contributed by atoms with Crippen molar-refractivity contribution in [1.82, 2.24) is 9.55 Å². The summed E-state index contributed by atoms with van der Waals surface area (Å²) < 4.78 is 1.64. The van der Waals surface area contributed by atoms with E-state index < -0.39 is 4.92 Å². The highest BCUT2D eigenvalue weighted by Crippen LogP contribution is 2.37. The van der Waals surface area contributed by atoms with Crippen molar-refractivity contribution in [2.24, 2.45) is 5.92 Å². The van der Waals surface area contributed by atoms with Crippen molar-refractivity contribution >= 4 is 50.6 Å². The minimum absolute atomic E-state index is 0.0478. The molecule has 9 heteroatoms. The van der Waals surface area contributed by atoms with Gasteiger partial charge < -0.3 is 0 Å². The van der Waals surface area contributed by atoms with Crippen molar-refractivity contribution in [1.29, 1.82) is 0 Å². The molecule has 0 saturated carbocycles. The molecule has 0 fully saturated rings. The topological polar surface area (TPSA) is 78.0 Å². The highest BCUT2D eigenvalue weighted by atomic mass is 35.5. The van der Waals surface area contributed by atoms with Crippen LogP contribution < -0.4 is 5.56 Å². The molecule has 0 amide bonds. The lowest BCUT2D eigenvalue weighted by molar-refractivity contribution is -0.384. The van der Waals surface area contributed by atoms with E-state index in [-0.39, 0.29) is 11.2 Å². The van der Waals surface area contributed by atoms with Crippen molar-refractivity contribution in [2.75, 3.05) is 0 Å². The number of thioether (sulfide) groups is 1. The minimum atomic E-state index is -0.403.